The fourth-order valence-electron chi connectivity index (χ4n) is 2.76. The summed E-state index contributed by atoms with van der Waals surface area (Å²) in [6.07, 6.45) is 7.47. The van der Waals surface area contributed by atoms with Crippen molar-refractivity contribution in [3.63, 3.8) is 0 Å². The molecule has 3 rings (SSSR count). The van der Waals surface area contributed by atoms with Gasteiger partial charge in [-0.15, -0.1) is 0 Å². The van der Waals surface area contributed by atoms with E-state index in [9.17, 15) is 9.59 Å². The molecule has 1 aromatic rings. The largest absolute Gasteiger partial charge is 0.481 e. The molecule has 0 aliphatic heterocycles. The van der Waals surface area contributed by atoms with Gasteiger partial charge in [0.1, 0.15) is 5.69 Å². The minimum atomic E-state index is -0.849. The molecule has 0 atom stereocenters. The number of carboxylic acids is 1. The molecule has 1 N–H and O–H groups in total. The van der Waals surface area contributed by atoms with Crippen molar-refractivity contribution in [3.05, 3.63) is 24.0 Å². The number of carboxylic acid groups (broad SMARTS) is 1. The van der Waals surface area contributed by atoms with Crippen LogP contribution in [0.25, 0.3) is 0 Å². The number of hydrogen-bond donors (Lipinski definition) is 1. The van der Waals surface area contributed by atoms with Crippen molar-refractivity contribution in [2.75, 3.05) is 6.54 Å². The SMILES string of the molecule is O=C(O)CCN(C(=O)c1cccn1C1CCC1)C1CC1. The van der Waals surface area contributed by atoms with E-state index < -0.39 is 5.97 Å². The standard InChI is InChI=1S/C15H20N2O3/c18-14(19)8-10-17(12-6-7-12)15(20)13-5-2-9-16(13)11-3-1-4-11/h2,5,9,11-12H,1,3-4,6-8,10H2,(H,18,19). The molecule has 1 heterocycles. The lowest BCUT2D eigenvalue weighted by Gasteiger charge is -2.30. The Bertz CT molecular complexity index is 515. The molecule has 0 spiro atoms. The molecular weight excluding hydrogens is 256 g/mol. The molecule has 0 bridgehead atoms. The summed E-state index contributed by atoms with van der Waals surface area (Å²) in [6.45, 7) is 0.314. The summed E-state index contributed by atoms with van der Waals surface area (Å²) < 4.78 is 2.07. The van der Waals surface area contributed by atoms with Gasteiger partial charge in [-0.25, -0.2) is 0 Å². The molecule has 5 nitrogen and oxygen atoms in total. The van der Waals surface area contributed by atoms with Gasteiger partial charge < -0.3 is 14.6 Å². The minimum absolute atomic E-state index is 0.00866. The third-order valence-corrected chi connectivity index (χ3v) is 4.28. The molecule has 1 aromatic heterocycles. The van der Waals surface area contributed by atoms with Gasteiger partial charge in [0.2, 0.25) is 0 Å². The van der Waals surface area contributed by atoms with Gasteiger partial charge in [-0.3, -0.25) is 9.59 Å². The van der Waals surface area contributed by atoms with Crippen molar-refractivity contribution in [1.29, 1.82) is 0 Å². The fourth-order valence-corrected chi connectivity index (χ4v) is 2.76. The quantitative estimate of drug-likeness (QED) is 0.867. The van der Waals surface area contributed by atoms with Gasteiger partial charge >= 0.3 is 5.97 Å². The molecule has 5 heteroatoms. The first-order chi connectivity index (χ1) is 9.66. The molecule has 2 aliphatic rings. The smallest absolute Gasteiger partial charge is 0.305 e. The summed E-state index contributed by atoms with van der Waals surface area (Å²) in [5, 5.41) is 8.82. The molecule has 0 saturated heterocycles. The summed E-state index contributed by atoms with van der Waals surface area (Å²) in [5.74, 6) is -0.858. The zero-order chi connectivity index (χ0) is 14.1. The van der Waals surface area contributed by atoms with Crippen LogP contribution in [0.4, 0.5) is 0 Å². The third kappa shape index (κ3) is 2.57. The number of rotatable bonds is 6. The highest BCUT2D eigenvalue weighted by Crippen LogP contribution is 2.34. The normalized spacial score (nSPS) is 18.6. The maximum absolute atomic E-state index is 12.7. The highest BCUT2D eigenvalue weighted by molar-refractivity contribution is 5.93. The Kier molecular flexibility index (Phi) is 3.51. The van der Waals surface area contributed by atoms with E-state index >= 15 is 0 Å². The van der Waals surface area contributed by atoms with Crippen molar-refractivity contribution >= 4 is 11.9 Å². The van der Waals surface area contributed by atoms with Crippen molar-refractivity contribution in [2.45, 2.75) is 50.6 Å². The summed E-state index contributed by atoms with van der Waals surface area (Å²) in [5.41, 5.74) is 0.715. The van der Waals surface area contributed by atoms with Crippen molar-refractivity contribution in [1.82, 2.24) is 9.47 Å². The Labute approximate surface area is 118 Å². The Morgan fingerprint density at radius 1 is 1.30 bits per heavy atom. The first kappa shape index (κ1) is 13.2. The third-order valence-electron chi connectivity index (χ3n) is 4.28. The van der Waals surface area contributed by atoms with E-state index in [1.54, 1.807) is 4.90 Å². The molecule has 1 amide bonds. The molecule has 2 fully saturated rings. The number of aliphatic carboxylic acids is 1. The second-order valence-corrected chi connectivity index (χ2v) is 5.76. The van der Waals surface area contributed by atoms with Gasteiger partial charge in [0, 0.05) is 24.8 Å². The van der Waals surface area contributed by atoms with Crippen LogP contribution in [0.2, 0.25) is 0 Å². The number of aromatic nitrogens is 1. The van der Waals surface area contributed by atoms with Gasteiger partial charge in [-0.05, 0) is 44.2 Å². The Morgan fingerprint density at radius 2 is 2.05 bits per heavy atom. The van der Waals surface area contributed by atoms with Gasteiger partial charge in [0.05, 0.1) is 6.42 Å². The van der Waals surface area contributed by atoms with Crippen LogP contribution in [0.15, 0.2) is 18.3 Å². The topological polar surface area (TPSA) is 62.5 Å². The van der Waals surface area contributed by atoms with E-state index in [-0.39, 0.29) is 18.4 Å². The van der Waals surface area contributed by atoms with Gasteiger partial charge in [0.15, 0.2) is 0 Å². The van der Waals surface area contributed by atoms with Gasteiger partial charge in [0.25, 0.3) is 5.91 Å². The molecule has 0 aromatic carbocycles. The minimum Gasteiger partial charge on any atom is -0.481 e. The van der Waals surface area contributed by atoms with Gasteiger partial charge in [-0.1, -0.05) is 0 Å². The van der Waals surface area contributed by atoms with Crippen molar-refractivity contribution < 1.29 is 14.7 Å². The van der Waals surface area contributed by atoms with Crippen LogP contribution in [0.3, 0.4) is 0 Å². The van der Waals surface area contributed by atoms with E-state index in [1.165, 1.54) is 6.42 Å². The zero-order valence-electron chi connectivity index (χ0n) is 11.5. The van der Waals surface area contributed by atoms with E-state index in [0.29, 0.717) is 18.3 Å². The number of amides is 1. The number of hydrogen-bond acceptors (Lipinski definition) is 2. The number of carbonyl (C=O) groups is 2. The fraction of sp³-hybridized carbons (Fsp3) is 0.600. The van der Waals surface area contributed by atoms with Crippen LogP contribution < -0.4 is 0 Å². The molecular formula is C15H20N2O3. The summed E-state index contributed by atoms with van der Waals surface area (Å²) >= 11 is 0. The van der Waals surface area contributed by atoms with E-state index in [4.69, 9.17) is 5.11 Å². The second-order valence-electron chi connectivity index (χ2n) is 5.76. The van der Waals surface area contributed by atoms with Crippen LogP contribution in [-0.4, -0.2) is 39.0 Å². The van der Waals surface area contributed by atoms with Crippen LogP contribution in [0, 0.1) is 0 Å². The van der Waals surface area contributed by atoms with E-state index in [2.05, 4.69) is 4.57 Å². The first-order valence-electron chi connectivity index (χ1n) is 7.36. The Hall–Kier alpha value is -1.78. The lowest BCUT2D eigenvalue weighted by atomic mass is 9.93. The lowest BCUT2D eigenvalue weighted by molar-refractivity contribution is -0.137. The second kappa shape index (κ2) is 5.31. The zero-order valence-corrected chi connectivity index (χ0v) is 11.5. The lowest BCUT2D eigenvalue weighted by Crippen LogP contribution is -2.37. The Morgan fingerprint density at radius 3 is 2.60 bits per heavy atom. The predicted octanol–water partition coefficient (Wildman–Crippen LogP) is 2.29. The van der Waals surface area contributed by atoms with E-state index in [0.717, 1.165) is 25.7 Å². The maximum atomic E-state index is 12.7. The highest BCUT2D eigenvalue weighted by Gasteiger charge is 2.35. The van der Waals surface area contributed by atoms with Crippen LogP contribution in [-0.2, 0) is 4.79 Å². The molecule has 0 radical (unpaired) electrons. The van der Waals surface area contributed by atoms with Crippen molar-refractivity contribution in [3.8, 4) is 0 Å². The summed E-state index contributed by atoms with van der Waals surface area (Å²) in [7, 11) is 0. The average Bonchev–Trinajstić information content (AvgIpc) is 3.06. The maximum Gasteiger partial charge on any atom is 0.305 e. The molecule has 108 valence electrons. The monoisotopic (exact) mass is 276 g/mol. The van der Waals surface area contributed by atoms with Crippen LogP contribution >= 0.6 is 0 Å². The van der Waals surface area contributed by atoms with E-state index in [1.807, 2.05) is 18.3 Å². The molecule has 2 saturated carbocycles. The number of carbonyl (C=O) groups excluding carboxylic acids is 1. The Balaban J connectivity index is 1.75. The molecule has 2 aliphatic carbocycles. The highest BCUT2D eigenvalue weighted by atomic mass is 16.4. The van der Waals surface area contributed by atoms with Gasteiger partial charge in [-0.2, -0.15) is 0 Å². The van der Waals surface area contributed by atoms with Crippen molar-refractivity contribution in [2.24, 2.45) is 0 Å². The summed E-state index contributed by atoms with van der Waals surface area (Å²) in [4.78, 5) is 25.2. The first-order valence-corrected chi connectivity index (χ1v) is 7.36. The molecule has 20 heavy (non-hydrogen) atoms. The van der Waals surface area contributed by atoms with Crippen LogP contribution in [0.5, 0.6) is 0 Å². The number of nitrogens with zero attached hydrogens (tertiary/aromatic N) is 2. The predicted molar refractivity (Wildman–Crippen MR) is 73.6 cm³/mol. The molecule has 0 unspecified atom stereocenters. The average molecular weight is 276 g/mol. The summed E-state index contributed by atoms with van der Waals surface area (Å²) in [6, 6.07) is 4.46. The van der Waals surface area contributed by atoms with Crippen LogP contribution in [0.1, 0.15) is 55.1 Å².